The van der Waals surface area contributed by atoms with Crippen LogP contribution in [0.5, 0.6) is 0 Å². The van der Waals surface area contributed by atoms with E-state index in [0.717, 1.165) is 25.6 Å². The maximum Gasteiger partial charge on any atom is 0.319 e. The smallest absolute Gasteiger partial charge is 0.319 e. The van der Waals surface area contributed by atoms with Crippen molar-refractivity contribution in [3.8, 4) is 0 Å². The van der Waals surface area contributed by atoms with Crippen molar-refractivity contribution in [2.75, 3.05) is 5.32 Å². The van der Waals surface area contributed by atoms with Crippen LogP contribution >= 0.6 is 27.3 Å². The lowest BCUT2D eigenvalue weighted by atomic mass is 10.2. The summed E-state index contributed by atoms with van der Waals surface area (Å²) in [4.78, 5) is 17.0. The summed E-state index contributed by atoms with van der Waals surface area (Å²) >= 11 is 4.97. The van der Waals surface area contributed by atoms with Crippen molar-refractivity contribution in [1.82, 2.24) is 10.3 Å². The van der Waals surface area contributed by atoms with Crippen LogP contribution in [0.1, 0.15) is 15.4 Å². The summed E-state index contributed by atoms with van der Waals surface area (Å²) < 4.78 is 0.996. The van der Waals surface area contributed by atoms with Gasteiger partial charge in [-0.05, 0) is 37.6 Å². The minimum Gasteiger partial charge on any atom is -0.333 e. The van der Waals surface area contributed by atoms with Gasteiger partial charge in [0.1, 0.15) is 0 Å². The lowest BCUT2D eigenvalue weighted by Gasteiger charge is -2.09. The van der Waals surface area contributed by atoms with Gasteiger partial charge in [0.15, 0.2) is 0 Å². The van der Waals surface area contributed by atoms with E-state index in [2.05, 4.69) is 31.5 Å². The van der Waals surface area contributed by atoms with Crippen LogP contribution in [0.15, 0.2) is 28.9 Å². The van der Waals surface area contributed by atoms with Crippen LogP contribution < -0.4 is 10.6 Å². The molecule has 4 nitrogen and oxygen atoms in total. The number of aryl methyl sites for hydroxylation is 2. The zero-order valence-electron chi connectivity index (χ0n) is 10.7. The first kappa shape index (κ1) is 14.0. The number of nitrogens with one attached hydrogen (secondary N) is 2. The predicted octanol–water partition coefficient (Wildman–Crippen LogP) is 3.84. The molecule has 0 atom stereocenters. The van der Waals surface area contributed by atoms with Crippen LogP contribution in [-0.4, -0.2) is 11.0 Å². The standard InChI is InChI=1S/C13H14BrN3OS/c1-8-5-10(14)3-4-12(8)17-13(18)16-7-11-6-15-9(2)19-11/h3-6H,7H2,1-2H3,(H2,16,17,18). The summed E-state index contributed by atoms with van der Waals surface area (Å²) in [5.41, 5.74) is 1.82. The molecule has 19 heavy (non-hydrogen) atoms. The molecule has 0 saturated heterocycles. The molecule has 0 aliphatic rings. The number of halogens is 1. The minimum atomic E-state index is -0.212. The van der Waals surface area contributed by atoms with E-state index in [-0.39, 0.29) is 6.03 Å². The molecule has 0 aliphatic carbocycles. The van der Waals surface area contributed by atoms with Gasteiger partial charge in [0.05, 0.1) is 11.6 Å². The van der Waals surface area contributed by atoms with E-state index in [1.54, 1.807) is 17.5 Å². The minimum absolute atomic E-state index is 0.212. The van der Waals surface area contributed by atoms with Gasteiger partial charge in [-0.2, -0.15) is 0 Å². The molecule has 6 heteroatoms. The number of carbonyl (C=O) groups is 1. The molecule has 0 aliphatic heterocycles. The number of nitrogens with zero attached hydrogens (tertiary/aromatic N) is 1. The van der Waals surface area contributed by atoms with E-state index in [1.165, 1.54) is 0 Å². The van der Waals surface area contributed by atoms with Crippen molar-refractivity contribution < 1.29 is 4.79 Å². The van der Waals surface area contributed by atoms with Gasteiger partial charge in [-0.15, -0.1) is 11.3 Å². The van der Waals surface area contributed by atoms with Crippen molar-refractivity contribution >= 4 is 39.0 Å². The summed E-state index contributed by atoms with van der Waals surface area (Å²) in [7, 11) is 0. The molecule has 0 spiro atoms. The number of carbonyl (C=O) groups excluding carboxylic acids is 1. The Morgan fingerprint density at radius 3 is 2.84 bits per heavy atom. The quantitative estimate of drug-likeness (QED) is 0.892. The molecule has 2 N–H and O–H groups in total. The number of hydrogen-bond donors (Lipinski definition) is 2. The molecular formula is C13H14BrN3OS. The molecule has 2 amide bonds. The molecule has 100 valence electrons. The van der Waals surface area contributed by atoms with Gasteiger partial charge in [-0.25, -0.2) is 9.78 Å². The van der Waals surface area contributed by atoms with Crippen LogP contribution in [0.25, 0.3) is 0 Å². The first-order valence-corrected chi connectivity index (χ1v) is 7.38. The number of thiazole rings is 1. The number of benzene rings is 1. The molecule has 2 rings (SSSR count). The fraction of sp³-hybridized carbons (Fsp3) is 0.231. The van der Waals surface area contributed by atoms with Gasteiger partial charge >= 0.3 is 6.03 Å². The van der Waals surface area contributed by atoms with Crippen LogP contribution in [0.4, 0.5) is 10.5 Å². The first-order chi connectivity index (χ1) is 9.04. The monoisotopic (exact) mass is 339 g/mol. The zero-order chi connectivity index (χ0) is 13.8. The third-order valence-electron chi connectivity index (χ3n) is 2.53. The Morgan fingerprint density at radius 2 is 2.21 bits per heavy atom. The van der Waals surface area contributed by atoms with Crippen LogP contribution in [0.3, 0.4) is 0 Å². The second-order valence-electron chi connectivity index (χ2n) is 4.11. The second-order valence-corrected chi connectivity index (χ2v) is 6.35. The van der Waals surface area contributed by atoms with Crippen molar-refractivity contribution in [3.63, 3.8) is 0 Å². The molecular weight excluding hydrogens is 326 g/mol. The normalized spacial score (nSPS) is 10.3. The van der Waals surface area contributed by atoms with Crippen molar-refractivity contribution in [2.45, 2.75) is 20.4 Å². The van der Waals surface area contributed by atoms with Crippen LogP contribution in [-0.2, 0) is 6.54 Å². The molecule has 0 bridgehead atoms. The Hall–Kier alpha value is -1.40. The number of urea groups is 1. The number of aromatic nitrogens is 1. The van der Waals surface area contributed by atoms with E-state index in [9.17, 15) is 4.79 Å². The molecule has 1 heterocycles. The van der Waals surface area contributed by atoms with Crippen molar-refractivity contribution in [1.29, 1.82) is 0 Å². The average molecular weight is 340 g/mol. The van der Waals surface area contributed by atoms with Crippen molar-refractivity contribution in [3.05, 3.63) is 44.3 Å². The topological polar surface area (TPSA) is 54.0 Å². The Kier molecular flexibility index (Phi) is 4.55. The molecule has 2 aromatic rings. The first-order valence-electron chi connectivity index (χ1n) is 5.77. The number of amides is 2. The Morgan fingerprint density at radius 1 is 1.42 bits per heavy atom. The van der Waals surface area contributed by atoms with Gasteiger partial charge in [-0.1, -0.05) is 15.9 Å². The van der Waals surface area contributed by atoms with Gasteiger partial charge in [0.2, 0.25) is 0 Å². The number of hydrogen-bond acceptors (Lipinski definition) is 3. The summed E-state index contributed by atoms with van der Waals surface area (Å²) in [5, 5.41) is 6.64. The highest BCUT2D eigenvalue weighted by Gasteiger charge is 2.05. The molecule has 0 unspecified atom stereocenters. The average Bonchev–Trinajstić information content (AvgIpc) is 2.76. The maximum atomic E-state index is 11.8. The van der Waals surface area contributed by atoms with E-state index >= 15 is 0 Å². The summed E-state index contributed by atoms with van der Waals surface area (Å²) in [5.74, 6) is 0. The number of anilines is 1. The van der Waals surface area contributed by atoms with E-state index in [1.807, 2.05) is 32.0 Å². The third kappa shape index (κ3) is 4.04. The summed E-state index contributed by atoms with van der Waals surface area (Å²) in [6.07, 6.45) is 1.78. The molecule has 1 aromatic heterocycles. The fourth-order valence-corrected chi connectivity index (χ4v) is 2.80. The summed E-state index contributed by atoms with van der Waals surface area (Å²) in [6, 6.07) is 5.52. The van der Waals surface area contributed by atoms with Gasteiger partial charge in [-0.3, -0.25) is 0 Å². The lowest BCUT2D eigenvalue weighted by molar-refractivity contribution is 0.252. The zero-order valence-corrected chi connectivity index (χ0v) is 13.1. The molecule has 1 aromatic carbocycles. The molecule has 0 radical (unpaired) electrons. The Labute approximate surface area is 124 Å². The highest BCUT2D eigenvalue weighted by atomic mass is 79.9. The van der Waals surface area contributed by atoms with Gasteiger partial charge < -0.3 is 10.6 Å². The number of rotatable bonds is 3. The van der Waals surface area contributed by atoms with E-state index in [0.29, 0.717) is 6.54 Å². The third-order valence-corrected chi connectivity index (χ3v) is 3.93. The van der Waals surface area contributed by atoms with Crippen molar-refractivity contribution in [2.24, 2.45) is 0 Å². The van der Waals surface area contributed by atoms with E-state index in [4.69, 9.17) is 0 Å². The largest absolute Gasteiger partial charge is 0.333 e. The molecule has 0 saturated carbocycles. The fourth-order valence-electron chi connectivity index (χ4n) is 1.59. The maximum absolute atomic E-state index is 11.8. The Balaban J connectivity index is 1.90. The lowest BCUT2D eigenvalue weighted by Crippen LogP contribution is -2.28. The highest BCUT2D eigenvalue weighted by molar-refractivity contribution is 9.10. The molecule has 0 fully saturated rings. The van der Waals surface area contributed by atoms with Crippen LogP contribution in [0.2, 0.25) is 0 Å². The summed E-state index contributed by atoms with van der Waals surface area (Å²) in [6.45, 7) is 4.39. The SMILES string of the molecule is Cc1ncc(CNC(=O)Nc2ccc(Br)cc2C)s1. The Bertz CT molecular complexity index is 597. The van der Waals surface area contributed by atoms with Gasteiger partial charge in [0.25, 0.3) is 0 Å². The highest BCUT2D eigenvalue weighted by Crippen LogP contribution is 2.19. The predicted molar refractivity (Wildman–Crippen MR) is 81.6 cm³/mol. The van der Waals surface area contributed by atoms with Gasteiger partial charge in [0, 0.05) is 21.2 Å². The second kappa shape index (κ2) is 6.16. The van der Waals surface area contributed by atoms with Crippen LogP contribution in [0, 0.1) is 13.8 Å². The van der Waals surface area contributed by atoms with E-state index < -0.39 is 0 Å².